The lowest BCUT2D eigenvalue weighted by atomic mass is 9.94. The highest BCUT2D eigenvalue weighted by atomic mass is 16.5. The maximum absolute atomic E-state index is 13.9. The number of benzene rings is 4. The molecular weight excluding hydrogens is 498 g/mol. The lowest BCUT2D eigenvalue weighted by Crippen LogP contribution is -2.63. The van der Waals surface area contributed by atoms with Crippen LogP contribution in [0.4, 0.5) is 0 Å². The lowest BCUT2D eigenvalue weighted by Gasteiger charge is -2.39. The number of hydrogen-bond donors (Lipinski definition) is 2. The molecule has 5 rings (SSSR count). The van der Waals surface area contributed by atoms with Crippen LogP contribution in [0.1, 0.15) is 42.4 Å². The summed E-state index contributed by atoms with van der Waals surface area (Å²) in [5.41, 5.74) is 8.79. The third-order valence-electron chi connectivity index (χ3n) is 7.59. The molecule has 2 unspecified atom stereocenters. The maximum atomic E-state index is 13.9. The molecule has 0 bridgehead atoms. The number of nitrogens with one attached hydrogen (secondary N) is 1. The van der Waals surface area contributed by atoms with Crippen LogP contribution in [0, 0.1) is 0 Å². The summed E-state index contributed by atoms with van der Waals surface area (Å²) in [7, 11) is 0. The molecule has 2 amide bonds. The number of carbonyl (C=O) groups excluding carboxylic acids is 2. The van der Waals surface area contributed by atoms with Crippen LogP contribution in [0.5, 0.6) is 5.75 Å². The standard InChI is InChI=1S/C34H37N3O3/c35-21-8-2-5-16-32-33(38)36-31(22-28-14-9-13-27-12-6-7-15-30(27)28)34(39)37(32)23-25-17-19-29(20-18-25)40-24-26-10-3-1-4-11-26/h1,3-4,6-7,9-15,17-20,31-32H,2,5,8,16,21-24,35H2,(H,36,38). The largest absolute Gasteiger partial charge is 0.489 e. The second-order valence-electron chi connectivity index (χ2n) is 10.4. The van der Waals surface area contributed by atoms with E-state index in [-0.39, 0.29) is 11.8 Å². The third kappa shape index (κ3) is 6.69. The first-order valence-corrected chi connectivity index (χ1v) is 14.2. The second kappa shape index (κ2) is 13.3. The molecule has 4 aromatic carbocycles. The summed E-state index contributed by atoms with van der Waals surface area (Å²) < 4.78 is 5.94. The molecule has 3 N–H and O–H groups in total. The minimum atomic E-state index is -0.605. The molecule has 1 saturated heterocycles. The molecule has 6 heteroatoms. The van der Waals surface area contributed by atoms with Crippen LogP contribution in [-0.2, 0) is 29.2 Å². The molecule has 0 aliphatic carbocycles. The first-order chi connectivity index (χ1) is 19.6. The number of nitrogens with zero attached hydrogens (tertiary/aromatic N) is 1. The SMILES string of the molecule is NCCCCCC1C(=O)NC(Cc2cccc3ccccc23)C(=O)N1Cc1ccc(OCc2ccccc2)cc1. The van der Waals surface area contributed by atoms with Crippen molar-refractivity contribution in [2.45, 2.75) is 57.3 Å². The highest BCUT2D eigenvalue weighted by Crippen LogP contribution is 2.25. The number of ether oxygens (including phenoxy) is 1. The van der Waals surface area contributed by atoms with Crippen molar-refractivity contribution < 1.29 is 14.3 Å². The van der Waals surface area contributed by atoms with E-state index in [0.717, 1.165) is 52.5 Å². The van der Waals surface area contributed by atoms with Gasteiger partial charge in [0.2, 0.25) is 11.8 Å². The summed E-state index contributed by atoms with van der Waals surface area (Å²) in [5, 5.41) is 5.28. The van der Waals surface area contributed by atoms with E-state index in [4.69, 9.17) is 10.5 Å². The average molecular weight is 536 g/mol. The van der Waals surface area contributed by atoms with Crippen molar-refractivity contribution >= 4 is 22.6 Å². The maximum Gasteiger partial charge on any atom is 0.246 e. The summed E-state index contributed by atoms with van der Waals surface area (Å²) in [6.45, 7) is 1.50. The lowest BCUT2D eigenvalue weighted by molar-refractivity contribution is -0.150. The summed E-state index contributed by atoms with van der Waals surface area (Å²) in [6.07, 6.45) is 3.77. The zero-order chi connectivity index (χ0) is 27.7. The van der Waals surface area contributed by atoms with Crippen LogP contribution >= 0.6 is 0 Å². The summed E-state index contributed by atoms with van der Waals surface area (Å²) in [6, 6.07) is 31.0. The fraction of sp³-hybridized carbons (Fsp3) is 0.294. The predicted octanol–water partition coefficient (Wildman–Crippen LogP) is 5.38. The van der Waals surface area contributed by atoms with Crippen LogP contribution in [0.15, 0.2) is 97.1 Å². The van der Waals surface area contributed by atoms with Crippen LogP contribution < -0.4 is 15.8 Å². The number of rotatable bonds is 12. The highest BCUT2D eigenvalue weighted by Gasteiger charge is 2.40. The van der Waals surface area contributed by atoms with Crippen LogP contribution in [0.25, 0.3) is 10.8 Å². The van der Waals surface area contributed by atoms with E-state index in [1.54, 1.807) is 4.90 Å². The average Bonchev–Trinajstić information content (AvgIpc) is 2.99. The molecule has 0 spiro atoms. The van der Waals surface area contributed by atoms with Gasteiger partial charge in [-0.2, -0.15) is 0 Å². The fourth-order valence-corrected chi connectivity index (χ4v) is 5.42. The molecule has 4 aromatic rings. The number of hydrogen-bond acceptors (Lipinski definition) is 4. The summed E-state index contributed by atoms with van der Waals surface area (Å²) in [4.78, 5) is 29.1. The third-order valence-corrected chi connectivity index (χ3v) is 7.59. The minimum Gasteiger partial charge on any atom is -0.489 e. The van der Waals surface area contributed by atoms with E-state index >= 15 is 0 Å². The van der Waals surface area contributed by atoms with Crippen molar-refractivity contribution in [3.05, 3.63) is 114 Å². The van der Waals surface area contributed by atoms with Gasteiger partial charge in [0.05, 0.1) is 0 Å². The van der Waals surface area contributed by atoms with Crippen LogP contribution in [0.2, 0.25) is 0 Å². The molecular formula is C34H37N3O3. The van der Waals surface area contributed by atoms with Gasteiger partial charge in [0.1, 0.15) is 24.4 Å². The van der Waals surface area contributed by atoms with Gasteiger partial charge in [-0.25, -0.2) is 0 Å². The number of unbranched alkanes of at least 4 members (excludes halogenated alkanes) is 2. The normalized spacial score (nSPS) is 17.2. The monoisotopic (exact) mass is 535 g/mol. The van der Waals surface area contributed by atoms with Crippen molar-refractivity contribution in [2.75, 3.05) is 6.54 Å². The molecule has 1 aliphatic heterocycles. The Labute approximate surface area is 236 Å². The zero-order valence-electron chi connectivity index (χ0n) is 22.8. The highest BCUT2D eigenvalue weighted by molar-refractivity contribution is 5.97. The van der Waals surface area contributed by atoms with Crippen molar-refractivity contribution in [1.82, 2.24) is 10.2 Å². The Morgan fingerprint density at radius 3 is 2.33 bits per heavy atom. The molecule has 1 aliphatic rings. The Balaban J connectivity index is 1.32. The first kappa shape index (κ1) is 27.4. The van der Waals surface area contributed by atoms with Crippen LogP contribution in [-0.4, -0.2) is 35.3 Å². The van der Waals surface area contributed by atoms with E-state index < -0.39 is 12.1 Å². The zero-order valence-corrected chi connectivity index (χ0v) is 22.8. The van der Waals surface area contributed by atoms with Gasteiger partial charge < -0.3 is 20.7 Å². The number of fused-ring (bicyclic) bond motifs is 1. The van der Waals surface area contributed by atoms with E-state index in [1.807, 2.05) is 78.9 Å². The Morgan fingerprint density at radius 1 is 0.775 bits per heavy atom. The molecule has 0 aromatic heterocycles. The molecule has 0 radical (unpaired) electrons. The van der Waals surface area contributed by atoms with Gasteiger partial charge in [-0.05, 0) is 59.0 Å². The van der Waals surface area contributed by atoms with E-state index in [9.17, 15) is 9.59 Å². The molecule has 2 atom stereocenters. The Morgan fingerprint density at radius 2 is 1.52 bits per heavy atom. The van der Waals surface area contributed by atoms with Gasteiger partial charge in [0.25, 0.3) is 0 Å². The molecule has 0 saturated carbocycles. The summed E-state index contributed by atoms with van der Waals surface area (Å²) in [5.74, 6) is 0.642. The Bertz CT molecular complexity index is 1420. The topological polar surface area (TPSA) is 84.7 Å². The number of carbonyl (C=O) groups is 2. The van der Waals surface area contributed by atoms with Gasteiger partial charge in [-0.3, -0.25) is 9.59 Å². The molecule has 1 heterocycles. The van der Waals surface area contributed by atoms with Gasteiger partial charge >= 0.3 is 0 Å². The van der Waals surface area contributed by atoms with Crippen LogP contribution in [0.3, 0.4) is 0 Å². The fourth-order valence-electron chi connectivity index (χ4n) is 5.42. The summed E-state index contributed by atoms with van der Waals surface area (Å²) >= 11 is 0. The van der Waals surface area contributed by atoms with Gasteiger partial charge in [-0.1, -0.05) is 97.8 Å². The van der Waals surface area contributed by atoms with E-state index in [2.05, 4.69) is 23.5 Å². The smallest absolute Gasteiger partial charge is 0.246 e. The second-order valence-corrected chi connectivity index (χ2v) is 10.4. The van der Waals surface area contributed by atoms with Crippen molar-refractivity contribution in [3.63, 3.8) is 0 Å². The molecule has 206 valence electrons. The van der Waals surface area contributed by atoms with E-state index in [1.165, 1.54) is 0 Å². The van der Waals surface area contributed by atoms with Crippen molar-refractivity contribution in [2.24, 2.45) is 5.73 Å². The van der Waals surface area contributed by atoms with Gasteiger partial charge in [0, 0.05) is 13.0 Å². The Kier molecular flexibility index (Phi) is 9.09. The molecule has 1 fully saturated rings. The van der Waals surface area contributed by atoms with Gasteiger partial charge in [-0.15, -0.1) is 0 Å². The minimum absolute atomic E-state index is 0.0410. The molecule has 40 heavy (non-hydrogen) atoms. The predicted molar refractivity (Wildman–Crippen MR) is 159 cm³/mol. The van der Waals surface area contributed by atoms with Crippen molar-refractivity contribution in [3.8, 4) is 5.75 Å². The van der Waals surface area contributed by atoms with Crippen molar-refractivity contribution in [1.29, 1.82) is 0 Å². The molecule has 6 nitrogen and oxygen atoms in total. The Hall–Kier alpha value is -4.16. The van der Waals surface area contributed by atoms with E-state index in [0.29, 0.717) is 32.5 Å². The number of nitrogens with two attached hydrogens (primary N) is 1. The first-order valence-electron chi connectivity index (χ1n) is 14.2. The number of piperazine rings is 1. The van der Waals surface area contributed by atoms with Gasteiger partial charge in [0.15, 0.2) is 0 Å². The number of amides is 2. The quantitative estimate of drug-likeness (QED) is 0.239.